The van der Waals surface area contributed by atoms with Crippen LogP contribution in [0.15, 0.2) is 48.7 Å². The largest absolute Gasteiger partial charge is 0.480 e. The fourth-order valence-corrected chi connectivity index (χ4v) is 2.90. The summed E-state index contributed by atoms with van der Waals surface area (Å²) in [6.45, 7) is 1.40. The van der Waals surface area contributed by atoms with E-state index in [1.807, 2.05) is 18.2 Å². The van der Waals surface area contributed by atoms with Gasteiger partial charge in [0, 0.05) is 22.7 Å². The fraction of sp³-hybridized carbons (Fsp3) is 0.200. The van der Waals surface area contributed by atoms with Gasteiger partial charge in [-0.1, -0.05) is 48.9 Å². The van der Waals surface area contributed by atoms with Crippen molar-refractivity contribution < 1.29 is 19.1 Å². The molecule has 1 heterocycles. The number of Topliss-reactive ketones (excluding diaryl/α,β-unsaturated/α-hetero) is 1. The van der Waals surface area contributed by atoms with Crippen LogP contribution in [0.3, 0.4) is 0 Å². The molecule has 0 radical (unpaired) electrons. The molecule has 134 valence electrons. The average Bonchev–Trinajstić information content (AvgIpc) is 3.09. The number of hydrogen-bond donors (Lipinski definition) is 1. The summed E-state index contributed by atoms with van der Waals surface area (Å²) in [6, 6.07) is 12.6. The summed E-state index contributed by atoms with van der Waals surface area (Å²) in [6.07, 6.45) is 2.51. The number of nitrogens with one attached hydrogen (secondary N) is 1. The first-order chi connectivity index (χ1) is 12.6. The van der Waals surface area contributed by atoms with Gasteiger partial charge in [0.1, 0.15) is 5.75 Å². The highest BCUT2D eigenvalue weighted by Crippen LogP contribution is 2.24. The number of rotatable bonds is 7. The number of carbonyl (C=O) groups excluding carboxylic acids is 2. The molecule has 0 aliphatic rings. The minimum Gasteiger partial charge on any atom is -0.480 e. The quantitative estimate of drug-likeness (QED) is 0.499. The number of carbonyl (C=O) groups is 2. The molecule has 1 N–H and O–H groups in total. The summed E-state index contributed by atoms with van der Waals surface area (Å²) >= 11 is 5.95. The maximum atomic E-state index is 12.4. The normalized spacial score (nSPS) is 10.7. The van der Waals surface area contributed by atoms with Crippen LogP contribution in [0.25, 0.3) is 10.9 Å². The van der Waals surface area contributed by atoms with Gasteiger partial charge >= 0.3 is 5.97 Å². The van der Waals surface area contributed by atoms with Crippen molar-refractivity contribution in [3.63, 3.8) is 0 Å². The van der Waals surface area contributed by atoms with Crippen LogP contribution in [0.1, 0.15) is 22.8 Å². The Morgan fingerprint density at radius 1 is 1.08 bits per heavy atom. The summed E-state index contributed by atoms with van der Waals surface area (Å²) in [4.78, 5) is 27.3. The van der Waals surface area contributed by atoms with E-state index < -0.39 is 5.97 Å². The predicted octanol–water partition coefficient (Wildman–Crippen LogP) is 4.19. The van der Waals surface area contributed by atoms with Gasteiger partial charge in [-0.25, -0.2) is 4.79 Å². The van der Waals surface area contributed by atoms with Gasteiger partial charge in [-0.3, -0.25) is 4.79 Å². The van der Waals surface area contributed by atoms with E-state index in [-0.39, 0.29) is 19.0 Å². The highest BCUT2D eigenvalue weighted by atomic mass is 35.5. The van der Waals surface area contributed by atoms with E-state index in [4.69, 9.17) is 21.1 Å². The van der Waals surface area contributed by atoms with Gasteiger partial charge in [0.15, 0.2) is 13.2 Å². The SMILES string of the molecule is CCc1cccc2c(C(=O)COC(=O)COc3ccccc3Cl)c[nH]c12. The summed E-state index contributed by atoms with van der Waals surface area (Å²) in [5.74, 6) is -0.510. The van der Waals surface area contributed by atoms with Crippen molar-refractivity contribution in [2.75, 3.05) is 13.2 Å². The Bertz CT molecular complexity index is 948. The molecule has 0 bridgehead atoms. The topological polar surface area (TPSA) is 68.4 Å². The second-order valence-electron chi connectivity index (χ2n) is 5.70. The van der Waals surface area contributed by atoms with E-state index in [2.05, 4.69) is 11.9 Å². The maximum Gasteiger partial charge on any atom is 0.344 e. The average molecular weight is 372 g/mol. The third-order valence-electron chi connectivity index (χ3n) is 4.03. The van der Waals surface area contributed by atoms with E-state index in [0.717, 1.165) is 22.9 Å². The summed E-state index contributed by atoms with van der Waals surface area (Å²) in [5, 5.41) is 1.24. The molecule has 1 aromatic heterocycles. The molecule has 0 aliphatic carbocycles. The van der Waals surface area contributed by atoms with E-state index in [1.54, 1.807) is 30.5 Å². The molecule has 2 aromatic carbocycles. The van der Waals surface area contributed by atoms with Crippen LogP contribution in [-0.4, -0.2) is 30.0 Å². The number of H-pyrrole nitrogens is 1. The zero-order chi connectivity index (χ0) is 18.5. The maximum absolute atomic E-state index is 12.4. The van der Waals surface area contributed by atoms with Gasteiger partial charge in [0.25, 0.3) is 0 Å². The number of ketones is 1. The van der Waals surface area contributed by atoms with Crippen LogP contribution >= 0.6 is 11.6 Å². The Labute approximate surface area is 155 Å². The Morgan fingerprint density at radius 3 is 2.65 bits per heavy atom. The van der Waals surface area contributed by atoms with Crippen molar-refractivity contribution >= 4 is 34.3 Å². The van der Waals surface area contributed by atoms with Crippen molar-refractivity contribution in [2.24, 2.45) is 0 Å². The first kappa shape index (κ1) is 18.0. The molecule has 0 aliphatic heterocycles. The van der Waals surface area contributed by atoms with Crippen LogP contribution in [0.5, 0.6) is 5.75 Å². The van der Waals surface area contributed by atoms with Crippen LogP contribution in [-0.2, 0) is 16.0 Å². The minimum absolute atomic E-state index is 0.268. The van der Waals surface area contributed by atoms with Crippen LogP contribution in [0.2, 0.25) is 5.02 Å². The molecule has 0 amide bonds. The van der Waals surface area contributed by atoms with Gasteiger partial charge in [-0.15, -0.1) is 0 Å². The lowest BCUT2D eigenvalue weighted by Gasteiger charge is -2.07. The van der Waals surface area contributed by atoms with Crippen molar-refractivity contribution in [3.05, 3.63) is 64.8 Å². The minimum atomic E-state index is -0.632. The van der Waals surface area contributed by atoms with Crippen LogP contribution in [0, 0.1) is 0 Å². The van der Waals surface area contributed by atoms with E-state index >= 15 is 0 Å². The molecule has 0 spiro atoms. The third kappa shape index (κ3) is 3.89. The van der Waals surface area contributed by atoms with Gasteiger partial charge in [-0.05, 0) is 24.1 Å². The lowest BCUT2D eigenvalue weighted by atomic mass is 10.1. The number of fused-ring (bicyclic) bond motifs is 1. The zero-order valence-electron chi connectivity index (χ0n) is 14.3. The Balaban J connectivity index is 1.59. The number of hydrogen-bond acceptors (Lipinski definition) is 4. The second kappa shape index (κ2) is 8.06. The van der Waals surface area contributed by atoms with E-state index in [0.29, 0.717) is 16.3 Å². The first-order valence-corrected chi connectivity index (χ1v) is 8.63. The monoisotopic (exact) mass is 371 g/mol. The summed E-state index contributed by atoms with van der Waals surface area (Å²) in [7, 11) is 0. The molecule has 5 nitrogen and oxygen atoms in total. The molecule has 3 rings (SSSR count). The van der Waals surface area contributed by atoms with Gasteiger partial charge in [0.05, 0.1) is 5.02 Å². The molecule has 0 saturated carbocycles. The molecular weight excluding hydrogens is 354 g/mol. The fourth-order valence-electron chi connectivity index (χ4n) is 2.71. The van der Waals surface area contributed by atoms with Gasteiger partial charge < -0.3 is 14.5 Å². The van der Waals surface area contributed by atoms with Crippen molar-refractivity contribution in [2.45, 2.75) is 13.3 Å². The number of aromatic nitrogens is 1. The number of para-hydroxylation sites is 2. The molecule has 3 aromatic rings. The number of aromatic amines is 1. The lowest BCUT2D eigenvalue weighted by molar-refractivity contribution is -0.144. The Morgan fingerprint density at radius 2 is 1.88 bits per heavy atom. The second-order valence-corrected chi connectivity index (χ2v) is 6.11. The highest BCUT2D eigenvalue weighted by Gasteiger charge is 2.16. The predicted molar refractivity (Wildman–Crippen MR) is 99.9 cm³/mol. The molecule has 0 fully saturated rings. The third-order valence-corrected chi connectivity index (χ3v) is 4.34. The Hall–Kier alpha value is -2.79. The lowest BCUT2D eigenvalue weighted by Crippen LogP contribution is -2.19. The van der Waals surface area contributed by atoms with Crippen LogP contribution < -0.4 is 4.74 Å². The number of aryl methyl sites for hydroxylation is 1. The number of ether oxygens (including phenoxy) is 2. The molecular formula is C20H18ClNO4. The van der Waals surface area contributed by atoms with Crippen LogP contribution in [0.4, 0.5) is 0 Å². The van der Waals surface area contributed by atoms with Crippen molar-refractivity contribution in [1.29, 1.82) is 0 Å². The first-order valence-electron chi connectivity index (χ1n) is 8.25. The smallest absolute Gasteiger partial charge is 0.344 e. The summed E-state index contributed by atoms with van der Waals surface area (Å²) < 4.78 is 10.3. The molecule has 0 saturated heterocycles. The number of benzene rings is 2. The number of esters is 1. The van der Waals surface area contributed by atoms with Gasteiger partial charge in [0.2, 0.25) is 5.78 Å². The van der Waals surface area contributed by atoms with E-state index in [1.165, 1.54) is 0 Å². The standard InChI is InChI=1S/C20H18ClNO4/c1-2-13-6-5-7-14-15(10-22-20(13)14)17(23)11-26-19(24)12-25-18-9-4-3-8-16(18)21/h3-10,22H,2,11-12H2,1H3. The van der Waals surface area contributed by atoms with E-state index in [9.17, 15) is 9.59 Å². The molecule has 0 unspecified atom stereocenters. The zero-order valence-corrected chi connectivity index (χ0v) is 15.0. The summed E-state index contributed by atoms with van der Waals surface area (Å²) in [5.41, 5.74) is 2.58. The van der Waals surface area contributed by atoms with Crippen molar-refractivity contribution in [3.8, 4) is 5.75 Å². The Kier molecular flexibility index (Phi) is 5.58. The molecule has 6 heteroatoms. The highest BCUT2D eigenvalue weighted by molar-refractivity contribution is 6.32. The van der Waals surface area contributed by atoms with Gasteiger partial charge in [-0.2, -0.15) is 0 Å². The molecule has 0 atom stereocenters. The van der Waals surface area contributed by atoms with Crippen molar-refractivity contribution in [1.82, 2.24) is 4.98 Å². The number of halogens is 1. The molecule has 26 heavy (non-hydrogen) atoms.